The van der Waals surface area contributed by atoms with E-state index in [1.54, 1.807) is 6.92 Å². The Kier molecular flexibility index (Phi) is 5.53. The zero-order valence-corrected chi connectivity index (χ0v) is 9.60. The quantitative estimate of drug-likeness (QED) is 0.451. The van der Waals surface area contributed by atoms with Crippen molar-refractivity contribution in [2.75, 3.05) is 13.7 Å². The summed E-state index contributed by atoms with van der Waals surface area (Å²) in [6.07, 6.45) is 0. The lowest BCUT2D eigenvalue weighted by Crippen LogP contribution is -2.27. The van der Waals surface area contributed by atoms with Gasteiger partial charge in [-0.05, 0) is 5.56 Å². The molecule has 0 bridgehead atoms. The lowest BCUT2D eigenvalue weighted by Gasteiger charge is -2.10. The molecular formula is C12H17NO3. The first-order chi connectivity index (χ1) is 7.74. The number of nitrogens with one attached hydrogen (secondary N) is 1. The average Bonchev–Trinajstić information content (AvgIpc) is 2.34. The maximum absolute atomic E-state index is 11.1. The molecule has 16 heavy (non-hydrogen) atoms. The summed E-state index contributed by atoms with van der Waals surface area (Å²) in [5.41, 5.74) is 3.83. The van der Waals surface area contributed by atoms with Crippen LogP contribution in [0.25, 0.3) is 0 Å². The van der Waals surface area contributed by atoms with Crippen LogP contribution in [-0.4, -0.2) is 19.6 Å². The van der Waals surface area contributed by atoms with E-state index in [1.807, 2.05) is 30.3 Å². The van der Waals surface area contributed by atoms with Gasteiger partial charge in [-0.25, -0.2) is 5.48 Å². The van der Waals surface area contributed by atoms with Crippen LogP contribution in [0.15, 0.2) is 30.3 Å². The summed E-state index contributed by atoms with van der Waals surface area (Å²) in [6, 6.07) is 9.82. The van der Waals surface area contributed by atoms with E-state index in [1.165, 1.54) is 7.11 Å². The molecule has 0 aliphatic heterocycles. The topological polar surface area (TPSA) is 47.6 Å². The van der Waals surface area contributed by atoms with E-state index in [-0.39, 0.29) is 11.9 Å². The van der Waals surface area contributed by atoms with Gasteiger partial charge in [-0.2, -0.15) is 0 Å². The molecule has 0 fully saturated rings. The molecule has 0 spiro atoms. The molecule has 0 saturated heterocycles. The van der Waals surface area contributed by atoms with E-state index in [2.05, 4.69) is 10.2 Å². The van der Waals surface area contributed by atoms with E-state index in [0.29, 0.717) is 13.2 Å². The van der Waals surface area contributed by atoms with Gasteiger partial charge in [-0.1, -0.05) is 37.3 Å². The van der Waals surface area contributed by atoms with Crippen LogP contribution < -0.4 is 5.48 Å². The molecule has 0 heterocycles. The second-order valence-corrected chi connectivity index (χ2v) is 3.55. The number of rotatable bonds is 6. The molecule has 1 aromatic carbocycles. The third-order valence-electron chi connectivity index (χ3n) is 2.18. The maximum atomic E-state index is 11.1. The van der Waals surface area contributed by atoms with Crippen LogP contribution in [0.2, 0.25) is 0 Å². The number of hydrogen-bond acceptors (Lipinski definition) is 4. The molecular weight excluding hydrogens is 206 g/mol. The van der Waals surface area contributed by atoms with Crippen molar-refractivity contribution in [3.05, 3.63) is 35.9 Å². The zero-order valence-electron chi connectivity index (χ0n) is 9.60. The van der Waals surface area contributed by atoms with Gasteiger partial charge in [-0.3, -0.25) is 9.63 Å². The SMILES string of the molecule is COC(=O)C(C)CNOCc1ccccc1. The van der Waals surface area contributed by atoms with Gasteiger partial charge in [0.1, 0.15) is 0 Å². The van der Waals surface area contributed by atoms with Gasteiger partial charge < -0.3 is 4.74 Å². The van der Waals surface area contributed by atoms with Crippen LogP contribution in [-0.2, 0) is 21.0 Å². The Balaban J connectivity index is 2.15. The largest absolute Gasteiger partial charge is 0.469 e. The number of hydrogen-bond donors (Lipinski definition) is 1. The van der Waals surface area contributed by atoms with E-state index in [4.69, 9.17) is 4.84 Å². The molecule has 0 radical (unpaired) electrons. The Morgan fingerprint density at radius 1 is 1.38 bits per heavy atom. The molecule has 88 valence electrons. The minimum atomic E-state index is -0.240. The fourth-order valence-electron chi connectivity index (χ4n) is 1.18. The van der Waals surface area contributed by atoms with E-state index < -0.39 is 0 Å². The fraction of sp³-hybridized carbons (Fsp3) is 0.417. The number of methoxy groups -OCH3 is 1. The summed E-state index contributed by atoms with van der Waals surface area (Å²) in [5.74, 6) is -0.448. The number of carbonyl (C=O) groups excluding carboxylic acids is 1. The number of carbonyl (C=O) groups is 1. The summed E-state index contributed by atoms with van der Waals surface area (Å²) < 4.78 is 4.59. The second kappa shape index (κ2) is 6.98. The molecule has 4 heteroatoms. The van der Waals surface area contributed by atoms with E-state index in [0.717, 1.165) is 5.56 Å². The number of ether oxygens (including phenoxy) is 1. The monoisotopic (exact) mass is 223 g/mol. The first kappa shape index (κ1) is 12.7. The van der Waals surface area contributed by atoms with Crippen LogP contribution >= 0.6 is 0 Å². The minimum Gasteiger partial charge on any atom is -0.469 e. The third-order valence-corrected chi connectivity index (χ3v) is 2.18. The highest BCUT2D eigenvalue weighted by molar-refractivity contribution is 5.71. The number of esters is 1. The molecule has 0 aliphatic carbocycles. The Hall–Kier alpha value is -1.39. The predicted molar refractivity (Wildman–Crippen MR) is 60.4 cm³/mol. The van der Waals surface area contributed by atoms with Crippen LogP contribution in [0.1, 0.15) is 12.5 Å². The van der Waals surface area contributed by atoms with Crippen LogP contribution in [0.3, 0.4) is 0 Å². The molecule has 1 aromatic rings. The average molecular weight is 223 g/mol. The van der Waals surface area contributed by atoms with Gasteiger partial charge in [-0.15, -0.1) is 0 Å². The van der Waals surface area contributed by atoms with Crippen molar-refractivity contribution in [2.45, 2.75) is 13.5 Å². The molecule has 0 saturated carbocycles. The first-order valence-corrected chi connectivity index (χ1v) is 5.20. The van der Waals surface area contributed by atoms with Crippen molar-refractivity contribution < 1.29 is 14.4 Å². The fourth-order valence-corrected chi connectivity index (χ4v) is 1.18. The van der Waals surface area contributed by atoms with Gasteiger partial charge in [0.05, 0.1) is 19.6 Å². The summed E-state index contributed by atoms with van der Waals surface area (Å²) in [5, 5.41) is 0. The molecule has 4 nitrogen and oxygen atoms in total. The van der Waals surface area contributed by atoms with E-state index in [9.17, 15) is 4.79 Å². The summed E-state index contributed by atoms with van der Waals surface area (Å²) in [4.78, 5) is 16.3. The zero-order chi connectivity index (χ0) is 11.8. The molecule has 0 amide bonds. The number of hydroxylamine groups is 1. The third kappa shape index (κ3) is 4.42. The molecule has 1 unspecified atom stereocenters. The Morgan fingerprint density at radius 2 is 2.06 bits per heavy atom. The van der Waals surface area contributed by atoms with Crippen LogP contribution in [0, 0.1) is 5.92 Å². The summed E-state index contributed by atoms with van der Waals surface area (Å²) >= 11 is 0. The lowest BCUT2D eigenvalue weighted by molar-refractivity contribution is -0.145. The molecule has 1 atom stereocenters. The number of benzene rings is 1. The smallest absolute Gasteiger partial charge is 0.309 e. The Morgan fingerprint density at radius 3 is 2.69 bits per heavy atom. The first-order valence-electron chi connectivity index (χ1n) is 5.20. The van der Waals surface area contributed by atoms with Gasteiger partial charge >= 0.3 is 5.97 Å². The van der Waals surface area contributed by atoms with Crippen molar-refractivity contribution in [1.82, 2.24) is 5.48 Å². The van der Waals surface area contributed by atoms with Crippen molar-refractivity contribution >= 4 is 5.97 Å². The molecule has 0 aromatic heterocycles. The molecule has 1 N–H and O–H groups in total. The lowest BCUT2D eigenvalue weighted by atomic mass is 10.2. The minimum absolute atomic E-state index is 0.208. The second-order valence-electron chi connectivity index (χ2n) is 3.55. The summed E-state index contributed by atoms with van der Waals surface area (Å²) in [6.45, 7) is 2.71. The maximum Gasteiger partial charge on any atom is 0.309 e. The van der Waals surface area contributed by atoms with Crippen molar-refractivity contribution in [3.8, 4) is 0 Å². The van der Waals surface area contributed by atoms with Gasteiger partial charge in [0.2, 0.25) is 0 Å². The van der Waals surface area contributed by atoms with Crippen molar-refractivity contribution in [3.63, 3.8) is 0 Å². The summed E-state index contributed by atoms with van der Waals surface area (Å²) in [7, 11) is 1.38. The highest BCUT2D eigenvalue weighted by Gasteiger charge is 2.11. The molecule has 0 aliphatic rings. The van der Waals surface area contributed by atoms with Crippen LogP contribution in [0.4, 0.5) is 0 Å². The molecule has 1 rings (SSSR count). The van der Waals surface area contributed by atoms with Crippen molar-refractivity contribution in [2.24, 2.45) is 5.92 Å². The highest BCUT2D eigenvalue weighted by Crippen LogP contribution is 2.00. The Labute approximate surface area is 95.5 Å². The Bertz CT molecular complexity index is 313. The highest BCUT2D eigenvalue weighted by atomic mass is 16.6. The van der Waals surface area contributed by atoms with Crippen LogP contribution in [0.5, 0.6) is 0 Å². The standard InChI is InChI=1S/C12H17NO3/c1-10(12(14)15-2)8-13-16-9-11-6-4-3-5-7-11/h3-7,10,13H,8-9H2,1-2H3. The van der Waals surface area contributed by atoms with Crippen molar-refractivity contribution in [1.29, 1.82) is 0 Å². The predicted octanol–water partition coefficient (Wildman–Crippen LogP) is 1.52. The van der Waals surface area contributed by atoms with Gasteiger partial charge in [0, 0.05) is 6.54 Å². The van der Waals surface area contributed by atoms with E-state index >= 15 is 0 Å². The van der Waals surface area contributed by atoms with Gasteiger partial charge in [0.25, 0.3) is 0 Å². The van der Waals surface area contributed by atoms with Gasteiger partial charge in [0.15, 0.2) is 0 Å². The normalized spacial score (nSPS) is 12.1.